The van der Waals surface area contributed by atoms with Crippen LogP contribution in [-0.4, -0.2) is 98.1 Å². The van der Waals surface area contributed by atoms with Crippen LogP contribution >= 0.6 is 0 Å². The number of hydrogen-bond acceptors (Lipinski definition) is 8. The number of hydrogen-bond donors (Lipinski definition) is 0. The minimum Gasteiger partial charge on any atom is -0.494 e. The lowest BCUT2D eigenvalue weighted by atomic mass is 10.0. The minimum absolute atomic E-state index is 0.0616. The van der Waals surface area contributed by atoms with Gasteiger partial charge in [-0.05, 0) is 54.4 Å². The van der Waals surface area contributed by atoms with Crippen LogP contribution in [0.4, 0.5) is 4.39 Å². The van der Waals surface area contributed by atoms with Gasteiger partial charge in [0.1, 0.15) is 11.6 Å². The average Bonchev–Trinajstić information content (AvgIpc) is 3.03. The Morgan fingerprint density at radius 1 is 0.953 bits per heavy atom. The van der Waals surface area contributed by atoms with Crippen molar-refractivity contribution < 1.29 is 27.1 Å². The molecule has 0 saturated carbocycles. The number of carbonyl (C=O) groups excluding carboxylic acids is 1. The number of aromatic nitrogens is 2. The van der Waals surface area contributed by atoms with Crippen molar-refractivity contribution >= 4 is 26.8 Å². The molecule has 0 unspecified atom stereocenters. The molecule has 2 saturated heterocycles. The van der Waals surface area contributed by atoms with Gasteiger partial charge < -0.3 is 14.4 Å². The van der Waals surface area contributed by atoms with E-state index in [0.717, 1.165) is 50.6 Å². The Morgan fingerprint density at radius 2 is 1.70 bits per heavy atom. The molecule has 0 N–H and O–H groups in total. The van der Waals surface area contributed by atoms with Gasteiger partial charge in [-0.15, -0.1) is 0 Å². The normalized spacial score (nSPS) is 17.2. The second kappa shape index (κ2) is 12.7. The number of ether oxygens (including phenoxy) is 2. The summed E-state index contributed by atoms with van der Waals surface area (Å²) < 4.78 is 50.0. The van der Waals surface area contributed by atoms with E-state index < -0.39 is 21.6 Å². The zero-order valence-electron chi connectivity index (χ0n) is 23.7. The van der Waals surface area contributed by atoms with E-state index in [1.54, 1.807) is 12.3 Å². The van der Waals surface area contributed by atoms with E-state index in [4.69, 9.17) is 14.5 Å². The predicted octanol–water partition coefficient (Wildman–Crippen LogP) is 4.07. The highest BCUT2D eigenvalue weighted by molar-refractivity contribution is 7.91. The van der Waals surface area contributed by atoms with Crippen LogP contribution in [0.5, 0.6) is 5.75 Å². The first-order chi connectivity index (χ1) is 20.9. The van der Waals surface area contributed by atoms with E-state index in [1.807, 2.05) is 42.5 Å². The van der Waals surface area contributed by atoms with Gasteiger partial charge in [-0.1, -0.05) is 18.2 Å². The Labute approximate surface area is 250 Å². The molecule has 4 aromatic rings. The fourth-order valence-electron chi connectivity index (χ4n) is 5.37. The zero-order valence-corrected chi connectivity index (χ0v) is 24.6. The smallest absolute Gasteiger partial charge is 0.256 e. The van der Waals surface area contributed by atoms with Crippen molar-refractivity contribution in [3.63, 3.8) is 0 Å². The lowest BCUT2D eigenvalue weighted by molar-refractivity contribution is 0.0358. The maximum absolute atomic E-state index is 15.3. The number of nitrogens with zero attached hydrogens (tertiary/aromatic N) is 4. The molecular formula is C32H33FN4O5S. The zero-order chi connectivity index (χ0) is 29.8. The van der Waals surface area contributed by atoms with Gasteiger partial charge >= 0.3 is 0 Å². The SMILES string of the molecule is O=C(c1ccc(-c2cccc3ncc(-c4ccc(OCCCN5CCOCC5)cc4)nc23)cc1F)N1CCS(=O)(=O)CC1. The molecule has 1 amide bonds. The van der Waals surface area contributed by atoms with Crippen LogP contribution in [-0.2, 0) is 14.6 Å². The number of para-hydroxylation sites is 1. The van der Waals surface area contributed by atoms with Crippen molar-refractivity contribution in [2.75, 3.05) is 64.1 Å². The number of benzene rings is 3. The molecule has 1 aromatic heterocycles. The number of rotatable bonds is 8. The number of carbonyl (C=O) groups is 1. The fraction of sp³-hybridized carbons (Fsp3) is 0.344. The summed E-state index contributed by atoms with van der Waals surface area (Å²) in [4.78, 5) is 26.2. The summed E-state index contributed by atoms with van der Waals surface area (Å²) in [7, 11) is -3.15. The van der Waals surface area contributed by atoms with Crippen LogP contribution in [0.2, 0.25) is 0 Å². The number of fused-ring (bicyclic) bond motifs is 1. The van der Waals surface area contributed by atoms with E-state index in [1.165, 1.54) is 17.0 Å². The maximum atomic E-state index is 15.3. The Balaban J connectivity index is 1.16. The highest BCUT2D eigenvalue weighted by atomic mass is 32.2. The first-order valence-electron chi connectivity index (χ1n) is 14.4. The number of halogens is 1. The van der Waals surface area contributed by atoms with Gasteiger partial charge in [-0.3, -0.25) is 14.7 Å². The summed E-state index contributed by atoms with van der Waals surface area (Å²) in [5.74, 6) is -0.612. The minimum atomic E-state index is -3.15. The summed E-state index contributed by atoms with van der Waals surface area (Å²) >= 11 is 0. The van der Waals surface area contributed by atoms with Crippen LogP contribution < -0.4 is 4.74 Å². The first kappa shape index (κ1) is 29.2. The van der Waals surface area contributed by atoms with Gasteiger partial charge in [-0.2, -0.15) is 0 Å². The molecule has 2 aliphatic rings. The van der Waals surface area contributed by atoms with Gasteiger partial charge in [0.25, 0.3) is 5.91 Å². The third-order valence-electron chi connectivity index (χ3n) is 7.86. The standard InChI is InChI=1S/C32H33FN4O5S/c33-28-21-24(7-10-27(28)32(38)37-14-19-43(39,40)20-15-37)26-3-1-4-29-31(26)35-30(22-34-29)23-5-8-25(9-6-23)42-16-2-11-36-12-17-41-18-13-36/h1,3-10,21-22H,2,11-20H2. The Morgan fingerprint density at radius 3 is 2.44 bits per heavy atom. The van der Waals surface area contributed by atoms with E-state index in [2.05, 4.69) is 9.88 Å². The topological polar surface area (TPSA) is 102 Å². The molecular weight excluding hydrogens is 571 g/mol. The van der Waals surface area contributed by atoms with Crippen molar-refractivity contribution in [3.05, 3.63) is 78.2 Å². The van der Waals surface area contributed by atoms with Gasteiger partial charge in [-0.25, -0.2) is 17.8 Å². The third-order valence-corrected chi connectivity index (χ3v) is 9.47. The summed E-state index contributed by atoms with van der Waals surface area (Å²) in [5, 5.41) is 0. The fourth-order valence-corrected chi connectivity index (χ4v) is 6.57. The highest BCUT2D eigenvalue weighted by Crippen LogP contribution is 2.30. The number of sulfone groups is 1. The largest absolute Gasteiger partial charge is 0.494 e. The van der Waals surface area contributed by atoms with Crippen molar-refractivity contribution in [1.82, 2.24) is 19.8 Å². The molecule has 6 rings (SSSR count). The second-order valence-corrected chi connectivity index (χ2v) is 13.1. The predicted molar refractivity (Wildman–Crippen MR) is 162 cm³/mol. The van der Waals surface area contributed by atoms with Gasteiger partial charge in [0.05, 0.1) is 59.8 Å². The lowest BCUT2D eigenvalue weighted by Gasteiger charge is -2.27. The van der Waals surface area contributed by atoms with Crippen molar-refractivity contribution in [3.8, 4) is 28.1 Å². The quantitative estimate of drug-likeness (QED) is 0.278. The second-order valence-electron chi connectivity index (χ2n) is 10.7. The average molecular weight is 605 g/mol. The Kier molecular flexibility index (Phi) is 8.64. The molecule has 9 nitrogen and oxygen atoms in total. The molecule has 0 aliphatic carbocycles. The number of morpholine rings is 1. The van der Waals surface area contributed by atoms with Gasteiger partial charge in [0, 0.05) is 43.9 Å². The summed E-state index contributed by atoms with van der Waals surface area (Å²) in [6.45, 7) is 5.28. The molecule has 0 bridgehead atoms. The highest BCUT2D eigenvalue weighted by Gasteiger charge is 2.27. The molecule has 2 aliphatic heterocycles. The summed E-state index contributed by atoms with van der Waals surface area (Å²) in [6, 6.07) is 17.7. The lowest BCUT2D eigenvalue weighted by Crippen LogP contribution is -2.44. The van der Waals surface area contributed by atoms with E-state index in [-0.39, 0.29) is 30.2 Å². The first-order valence-corrected chi connectivity index (χ1v) is 16.3. The van der Waals surface area contributed by atoms with E-state index in [0.29, 0.717) is 34.5 Å². The van der Waals surface area contributed by atoms with Crippen molar-refractivity contribution in [1.29, 1.82) is 0 Å². The van der Waals surface area contributed by atoms with Crippen LogP contribution in [0.1, 0.15) is 16.8 Å². The molecule has 2 fully saturated rings. The monoisotopic (exact) mass is 604 g/mol. The van der Waals surface area contributed by atoms with Crippen molar-refractivity contribution in [2.45, 2.75) is 6.42 Å². The Hall–Kier alpha value is -3.93. The number of amides is 1. The summed E-state index contributed by atoms with van der Waals surface area (Å²) in [6.07, 6.45) is 2.66. The molecule has 0 atom stereocenters. The maximum Gasteiger partial charge on any atom is 0.256 e. The van der Waals surface area contributed by atoms with E-state index >= 15 is 4.39 Å². The molecule has 0 radical (unpaired) electrons. The molecule has 3 heterocycles. The van der Waals surface area contributed by atoms with Crippen LogP contribution in [0.3, 0.4) is 0 Å². The van der Waals surface area contributed by atoms with E-state index in [9.17, 15) is 13.2 Å². The molecule has 11 heteroatoms. The molecule has 3 aromatic carbocycles. The van der Waals surface area contributed by atoms with Crippen LogP contribution in [0.15, 0.2) is 66.9 Å². The van der Waals surface area contributed by atoms with Crippen LogP contribution in [0, 0.1) is 5.82 Å². The molecule has 224 valence electrons. The van der Waals surface area contributed by atoms with Gasteiger partial charge in [0.2, 0.25) is 0 Å². The third kappa shape index (κ3) is 6.84. The summed E-state index contributed by atoms with van der Waals surface area (Å²) in [5.41, 5.74) is 3.99. The van der Waals surface area contributed by atoms with Crippen molar-refractivity contribution in [2.24, 2.45) is 0 Å². The Bertz CT molecular complexity index is 1710. The molecule has 0 spiro atoms. The van der Waals surface area contributed by atoms with Gasteiger partial charge in [0.15, 0.2) is 9.84 Å². The molecule has 43 heavy (non-hydrogen) atoms. The van der Waals surface area contributed by atoms with Crippen LogP contribution in [0.25, 0.3) is 33.4 Å².